The fraction of sp³-hybridized carbons (Fsp3) is 0.692. The highest BCUT2D eigenvalue weighted by Crippen LogP contribution is 2.23. The number of nitrogens with zero attached hydrogens (tertiary/aromatic N) is 2. The second-order valence-electron chi connectivity index (χ2n) is 5.02. The molecule has 1 fully saturated rings. The van der Waals surface area contributed by atoms with Crippen LogP contribution in [0.1, 0.15) is 32.6 Å². The van der Waals surface area contributed by atoms with E-state index in [1.165, 1.54) is 37.9 Å². The molecule has 94 valence electrons. The molecule has 4 nitrogen and oxygen atoms in total. The quantitative estimate of drug-likeness (QED) is 0.858. The molecule has 0 spiro atoms. The minimum Gasteiger partial charge on any atom is -0.312 e. The summed E-state index contributed by atoms with van der Waals surface area (Å²) in [5, 5.41) is 3.53. The SMILES string of the molecule is CC1CCC(NCCn2cnccc2=O)CC1. The van der Waals surface area contributed by atoms with Crippen molar-refractivity contribution in [3.63, 3.8) is 0 Å². The van der Waals surface area contributed by atoms with Crippen LogP contribution in [0.15, 0.2) is 23.4 Å². The van der Waals surface area contributed by atoms with E-state index in [1.807, 2.05) is 0 Å². The third-order valence-electron chi connectivity index (χ3n) is 3.59. The zero-order chi connectivity index (χ0) is 12.1. The van der Waals surface area contributed by atoms with Gasteiger partial charge in [-0.1, -0.05) is 6.92 Å². The lowest BCUT2D eigenvalue weighted by atomic mass is 9.87. The number of rotatable bonds is 4. The molecule has 2 rings (SSSR count). The summed E-state index contributed by atoms with van der Waals surface area (Å²) in [6.45, 7) is 3.88. The van der Waals surface area contributed by atoms with E-state index in [-0.39, 0.29) is 5.56 Å². The zero-order valence-electron chi connectivity index (χ0n) is 10.4. The number of hydrogen-bond donors (Lipinski definition) is 1. The minimum absolute atomic E-state index is 0.0269. The molecule has 1 aliphatic carbocycles. The lowest BCUT2D eigenvalue weighted by Crippen LogP contribution is -2.36. The molecule has 0 unspecified atom stereocenters. The van der Waals surface area contributed by atoms with Gasteiger partial charge < -0.3 is 5.32 Å². The first-order chi connectivity index (χ1) is 8.25. The van der Waals surface area contributed by atoms with Crippen molar-refractivity contribution in [2.75, 3.05) is 6.54 Å². The lowest BCUT2D eigenvalue weighted by Gasteiger charge is -2.27. The van der Waals surface area contributed by atoms with Gasteiger partial charge in [0.15, 0.2) is 0 Å². The van der Waals surface area contributed by atoms with E-state index in [1.54, 1.807) is 10.9 Å². The van der Waals surface area contributed by atoms with E-state index in [0.717, 1.165) is 12.5 Å². The predicted molar refractivity (Wildman–Crippen MR) is 67.9 cm³/mol. The molecule has 0 amide bonds. The van der Waals surface area contributed by atoms with Crippen molar-refractivity contribution in [2.24, 2.45) is 5.92 Å². The molecule has 0 radical (unpaired) electrons. The summed E-state index contributed by atoms with van der Waals surface area (Å²) < 4.78 is 1.65. The Morgan fingerprint density at radius 1 is 1.41 bits per heavy atom. The van der Waals surface area contributed by atoms with E-state index in [4.69, 9.17) is 0 Å². The van der Waals surface area contributed by atoms with Crippen molar-refractivity contribution in [2.45, 2.75) is 45.2 Å². The molecule has 1 aliphatic rings. The third-order valence-corrected chi connectivity index (χ3v) is 3.59. The Balaban J connectivity index is 1.73. The highest BCUT2D eigenvalue weighted by molar-refractivity contribution is 4.82. The van der Waals surface area contributed by atoms with Gasteiger partial charge in [-0.05, 0) is 31.6 Å². The molecule has 0 atom stereocenters. The Bertz CT molecular complexity index is 394. The summed E-state index contributed by atoms with van der Waals surface area (Å²) in [6, 6.07) is 2.14. The lowest BCUT2D eigenvalue weighted by molar-refractivity contribution is 0.305. The summed E-state index contributed by atoms with van der Waals surface area (Å²) in [6.07, 6.45) is 8.32. The Kier molecular flexibility index (Phi) is 4.31. The van der Waals surface area contributed by atoms with Gasteiger partial charge in [0.1, 0.15) is 0 Å². The van der Waals surface area contributed by atoms with Gasteiger partial charge in [0, 0.05) is 31.4 Å². The Hall–Kier alpha value is -1.16. The molecule has 1 heterocycles. The van der Waals surface area contributed by atoms with E-state index >= 15 is 0 Å². The summed E-state index contributed by atoms with van der Waals surface area (Å²) in [5.74, 6) is 0.883. The molecule has 0 saturated heterocycles. The normalized spacial score (nSPS) is 24.8. The van der Waals surface area contributed by atoms with E-state index in [0.29, 0.717) is 12.6 Å². The van der Waals surface area contributed by atoms with Crippen molar-refractivity contribution in [1.82, 2.24) is 14.9 Å². The van der Waals surface area contributed by atoms with Crippen LogP contribution in [0.4, 0.5) is 0 Å². The Morgan fingerprint density at radius 3 is 2.88 bits per heavy atom. The highest BCUT2D eigenvalue weighted by Gasteiger charge is 2.17. The van der Waals surface area contributed by atoms with Crippen LogP contribution in [0.2, 0.25) is 0 Å². The van der Waals surface area contributed by atoms with E-state index in [2.05, 4.69) is 17.2 Å². The van der Waals surface area contributed by atoms with Crippen LogP contribution in [0.3, 0.4) is 0 Å². The second kappa shape index (κ2) is 5.96. The first-order valence-corrected chi connectivity index (χ1v) is 6.49. The smallest absolute Gasteiger partial charge is 0.253 e. The van der Waals surface area contributed by atoms with Crippen LogP contribution in [-0.2, 0) is 6.54 Å². The molecular formula is C13H21N3O. The topological polar surface area (TPSA) is 46.9 Å². The van der Waals surface area contributed by atoms with Gasteiger partial charge in [-0.2, -0.15) is 0 Å². The van der Waals surface area contributed by atoms with Gasteiger partial charge >= 0.3 is 0 Å². The minimum atomic E-state index is 0.0269. The molecule has 0 aliphatic heterocycles. The van der Waals surface area contributed by atoms with Gasteiger partial charge in [0.2, 0.25) is 0 Å². The van der Waals surface area contributed by atoms with Gasteiger partial charge in [0.05, 0.1) is 6.33 Å². The zero-order valence-corrected chi connectivity index (χ0v) is 10.4. The molecule has 0 bridgehead atoms. The molecular weight excluding hydrogens is 214 g/mol. The van der Waals surface area contributed by atoms with Gasteiger partial charge in [0.25, 0.3) is 5.56 Å². The van der Waals surface area contributed by atoms with Crippen molar-refractivity contribution in [3.8, 4) is 0 Å². The Morgan fingerprint density at radius 2 is 2.18 bits per heavy atom. The number of nitrogens with one attached hydrogen (secondary N) is 1. The Labute approximate surface area is 102 Å². The van der Waals surface area contributed by atoms with Gasteiger partial charge in [-0.15, -0.1) is 0 Å². The summed E-state index contributed by atoms with van der Waals surface area (Å²) >= 11 is 0. The average Bonchev–Trinajstić information content (AvgIpc) is 2.34. The predicted octanol–water partition coefficient (Wildman–Crippen LogP) is 1.41. The second-order valence-corrected chi connectivity index (χ2v) is 5.02. The van der Waals surface area contributed by atoms with Crippen LogP contribution in [0.5, 0.6) is 0 Å². The number of aromatic nitrogens is 2. The fourth-order valence-electron chi connectivity index (χ4n) is 2.40. The van der Waals surface area contributed by atoms with Crippen LogP contribution in [0, 0.1) is 5.92 Å². The highest BCUT2D eigenvalue weighted by atomic mass is 16.1. The van der Waals surface area contributed by atoms with E-state index < -0.39 is 0 Å². The van der Waals surface area contributed by atoms with Crippen LogP contribution in [0.25, 0.3) is 0 Å². The van der Waals surface area contributed by atoms with Gasteiger partial charge in [-0.3, -0.25) is 9.36 Å². The monoisotopic (exact) mass is 235 g/mol. The van der Waals surface area contributed by atoms with E-state index in [9.17, 15) is 4.79 Å². The largest absolute Gasteiger partial charge is 0.312 e. The first-order valence-electron chi connectivity index (χ1n) is 6.49. The van der Waals surface area contributed by atoms with Gasteiger partial charge in [-0.25, -0.2) is 4.98 Å². The standard InChI is InChI=1S/C13H21N3O/c1-11-2-4-12(5-3-11)15-8-9-16-10-14-7-6-13(16)17/h6-7,10-12,15H,2-5,8-9H2,1H3. The molecule has 1 aromatic heterocycles. The fourth-order valence-corrected chi connectivity index (χ4v) is 2.40. The summed E-state index contributed by atoms with van der Waals surface area (Å²) in [4.78, 5) is 15.4. The number of hydrogen-bond acceptors (Lipinski definition) is 3. The molecule has 1 saturated carbocycles. The molecule has 1 N–H and O–H groups in total. The van der Waals surface area contributed by atoms with Crippen molar-refractivity contribution in [1.29, 1.82) is 0 Å². The van der Waals surface area contributed by atoms with Crippen LogP contribution in [-0.4, -0.2) is 22.1 Å². The van der Waals surface area contributed by atoms with Crippen molar-refractivity contribution < 1.29 is 0 Å². The van der Waals surface area contributed by atoms with Crippen LogP contribution >= 0.6 is 0 Å². The third kappa shape index (κ3) is 3.66. The maximum absolute atomic E-state index is 11.4. The average molecular weight is 235 g/mol. The molecule has 1 aromatic rings. The maximum atomic E-state index is 11.4. The summed E-state index contributed by atoms with van der Waals surface area (Å²) in [7, 11) is 0. The van der Waals surface area contributed by atoms with Crippen molar-refractivity contribution >= 4 is 0 Å². The van der Waals surface area contributed by atoms with Crippen molar-refractivity contribution in [3.05, 3.63) is 28.9 Å². The first kappa shape index (κ1) is 12.3. The summed E-state index contributed by atoms with van der Waals surface area (Å²) in [5.41, 5.74) is 0.0269. The maximum Gasteiger partial charge on any atom is 0.253 e. The molecule has 4 heteroatoms. The van der Waals surface area contributed by atoms with Crippen LogP contribution < -0.4 is 10.9 Å². The molecule has 17 heavy (non-hydrogen) atoms. The molecule has 0 aromatic carbocycles.